The molecule has 0 amide bonds. The summed E-state index contributed by atoms with van der Waals surface area (Å²) >= 11 is 0. The molecule has 0 unspecified atom stereocenters. The Balaban J connectivity index is -0.000000169. The van der Waals surface area contributed by atoms with Crippen molar-refractivity contribution in [2.45, 2.75) is 0 Å². The van der Waals surface area contributed by atoms with Gasteiger partial charge in [0.15, 0.2) is 0 Å². The number of carboxylic acids is 4. The summed E-state index contributed by atoms with van der Waals surface area (Å²) in [5.74, 6) is -4.91. The van der Waals surface area contributed by atoms with E-state index in [0.717, 1.165) is 9.80 Å². The summed E-state index contributed by atoms with van der Waals surface area (Å²) < 4.78 is 17.8. The molecule has 0 fully saturated rings. The van der Waals surface area contributed by atoms with Crippen LogP contribution in [-0.4, -0.2) is 182 Å². The zero-order valence-corrected chi connectivity index (χ0v) is 16.7. The number of hydrogen-bond acceptors (Lipinski definition) is 8. The molecule has 0 aromatic carbocycles. The van der Waals surface area contributed by atoms with E-state index in [1.807, 2.05) is 0 Å². The first-order valence-electron chi connectivity index (χ1n) is 7.09. The third-order valence-electron chi connectivity index (χ3n) is 2.17. The van der Waals surface area contributed by atoms with E-state index in [0.29, 0.717) is 0 Å². The van der Waals surface area contributed by atoms with Crippen LogP contribution in [0.5, 0.6) is 0 Å². The zero-order valence-electron chi connectivity index (χ0n) is 15.0. The Hall–Kier alpha value is 0.0200. The van der Waals surface area contributed by atoms with Crippen molar-refractivity contribution in [2.24, 2.45) is 0 Å². The van der Waals surface area contributed by atoms with Gasteiger partial charge in [-0.15, -0.1) is 0 Å². The summed E-state index contributed by atoms with van der Waals surface area (Å²) in [4.78, 5) is 87.5. The molecule has 182 valence electrons. The third-order valence-corrected chi connectivity index (χ3v) is 2.17. The second kappa shape index (κ2) is 21.5. The van der Waals surface area contributed by atoms with Crippen LogP contribution >= 0.6 is 15.6 Å². The summed E-state index contributed by atoms with van der Waals surface area (Å²) in [6.07, 6.45) is 0. The molecule has 0 saturated heterocycles. The molecule has 0 bridgehead atoms. The van der Waals surface area contributed by atoms with E-state index >= 15 is 0 Å². The topological polar surface area (TPSA) is 311 Å². The molecule has 0 aliphatic carbocycles. The van der Waals surface area contributed by atoms with Gasteiger partial charge in [0.1, 0.15) is 0 Å². The second-order valence-electron chi connectivity index (χ2n) is 5.02. The van der Waals surface area contributed by atoms with Crippen LogP contribution in [0.2, 0.25) is 0 Å². The summed E-state index contributed by atoms with van der Waals surface area (Å²) in [7, 11) is -9.28. The van der Waals surface area contributed by atoms with Crippen LogP contribution in [-0.2, 0) is 28.3 Å². The maximum atomic E-state index is 10.6. The molecule has 0 aromatic rings. The monoisotopic (exact) mass is 536 g/mol. The average Bonchev–Trinajstić information content (AvgIpc) is 2.38. The van der Waals surface area contributed by atoms with E-state index in [-0.39, 0.29) is 72.2 Å². The Labute approximate surface area is 224 Å². The first-order chi connectivity index (χ1) is 13.2. The van der Waals surface area contributed by atoms with Gasteiger partial charge in [0.25, 0.3) is 0 Å². The van der Waals surface area contributed by atoms with Gasteiger partial charge in [-0.2, -0.15) is 0 Å². The molecule has 18 nitrogen and oxygen atoms in total. The van der Waals surface area contributed by atoms with Gasteiger partial charge in [-0.05, 0) is 0 Å². The van der Waals surface area contributed by atoms with Gasteiger partial charge in [0, 0.05) is 13.1 Å². The molecule has 10 N–H and O–H groups in total. The predicted molar refractivity (Wildman–Crippen MR) is 106 cm³/mol. The number of aliphatic carboxylic acids is 4. The van der Waals surface area contributed by atoms with Crippen molar-refractivity contribution in [2.75, 3.05) is 39.3 Å². The number of phosphoric acid groups is 2. The average molecular weight is 536 g/mol. The Bertz CT molecular complexity index is 563. The molecule has 32 heavy (non-hydrogen) atoms. The molecule has 22 heteroatoms. The van der Waals surface area contributed by atoms with Gasteiger partial charge in [-0.3, -0.25) is 29.0 Å². The Morgan fingerprint density at radius 2 is 0.625 bits per heavy atom. The summed E-state index contributed by atoms with van der Waals surface area (Å²) in [5.41, 5.74) is 0. The first-order valence-corrected chi connectivity index (χ1v) is 10.2. The molecule has 0 aliphatic rings. The number of carbonyl (C=O) groups is 4. The third kappa shape index (κ3) is 57.2. The molecule has 0 atom stereocenters. The van der Waals surface area contributed by atoms with Crippen LogP contribution in [0.15, 0.2) is 0 Å². The van der Waals surface area contributed by atoms with Crippen molar-refractivity contribution in [3.63, 3.8) is 0 Å². The van der Waals surface area contributed by atoms with Crippen molar-refractivity contribution >= 4 is 98.6 Å². The number of hydrogen-bond donors (Lipinski definition) is 10. The van der Waals surface area contributed by atoms with Gasteiger partial charge in [0.2, 0.25) is 0 Å². The molecular weight excluding hydrogens is 512 g/mol. The van der Waals surface area contributed by atoms with Crippen LogP contribution in [0, 0.1) is 0 Å². The summed E-state index contributed by atoms with van der Waals surface area (Å²) in [6, 6.07) is 0. The fourth-order valence-corrected chi connectivity index (χ4v) is 1.48. The van der Waals surface area contributed by atoms with Crippen molar-refractivity contribution < 1.29 is 78.1 Å². The van der Waals surface area contributed by atoms with Crippen molar-refractivity contribution in [3.05, 3.63) is 0 Å². The van der Waals surface area contributed by atoms with Crippen LogP contribution in [0.4, 0.5) is 0 Å². The van der Waals surface area contributed by atoms with Gasteiger partial charge >= 0.3 is 98.6 Å². The second-order valence-corrected chi connectivity index (χ2v) is 7.08. The molecule has 0 aliphatic heterocycles. The Morgan fingerprint density at radius 3 is 0.719 bits per heavy atom. The van der Waals surface area contributed by atoms with Crippen LogP contribution in [0.3, 0.4) is 0 Å². The van der Waals surface area contributed by atoms with E-state index in [2.05, 4.69) is 0 Å². The van der Waals surface area contributed by atoms with Crippen LogP contribution in [0.1, 0.15) is 0 Å². The minimum absolute atomic E-state index is 0. The molecule has 0 radical (unpaired) electrons. The fourth-order valence-electron chi connectivity index (χ4n) is 1.48. The number of rotatable bonds is 11. The molecular formula is C10H24N2Na2O16P2. The zero-order chi connectivity index (χ0) is 24.7. The fraction of sp³-hybridized carbons (Fsp3) is 0.600. The predicted octanol–water partition coefficient (Wildman–Crippen LogP) is -5.23. The number of nitrogens with zero attached hydrogens (tertiary/aromatic N) is 2. The quantitative estimate of drug-likeness (QED) is 0.0871. The van der Waals surface area contributed by atoms with Crippen molar-refractivity contribution in [3.8, 4) is 0 Å². The van der Waals surface area contributed by atoms with Crippen LogP contribution < -0.4 is 0 Å². The van der Waals surface area contributed by atoms with Gasteiger partial charge in [-0.25, -0.2) is 9.13 Å². The maximum absolute atomic E-state index is 10.6. The van der Waals surface area contributed by atoms with Crippen LogP contribution in [0.25, 0.3) is 0 Å². The summed E-state index contributed by atoms with van der Waals surface area (Å²) in [6.45, 7) is -2.25. The van der Waals surface area contributed by atoms with Gasteiger partial charge in [0.05, 0.1) is 26.2 Å². The summed E-state index contributed by atoms with van der Waals surface area (Å²) in [5, 5.41) is 34.5. The Morgan fingerprint density at radius 1 is 0.500 bits per heavy atom. The molecule has 0 aromatic heterocycles. The minimum atomic E-state index is -4.64. The molecule has 0 saturated carbocycles. The van der Waals surface area contributed by atoms with E-state index in [1.54, 1.807) is 0 Å². The van der Waals surface area contributed by atoms with Crippen molar-refractivity contribution in [1.29, 1.82) is 0 Å². The van der Waals surface area contributed by atoms with E-state index < -0.39 is 65.7 Å². The van der Waals surface area contributed by atoms with E-state index in [4.69, 9.17) is 58.9 Å². The van der Waals surface area contributed by atoms with Crippen molar-refractivity contribution in [1.82, 2.24) is 9.80 Å². The number of carboxylic acid groups (broad SMARTS) is 4. The molecule has 0 heterocycles. The SMILES string of the molecule is O=C(O)CN(CCN(CC(=O)O)CC(=O)O)CC(=O)O.O=P(O)(O)O.O=P(O)(O)O.[NaH].[NaH]. The van der Waals surface area contributed by atoms with Gasteiger partial charge < -0.3 is 49.8 Å². The standard InChI is InChI=1S/C10H16N2O8.2Na.2H3O4P.2H/c13-7(14)3-11(4-8(15)16)1-2-12(5-9(17)18)6-10(19)20;;;2*1-5(2,3)4;;/h1-6H2,(H,13,14)(H,15,16)(H,17,18)(H,19,20);;;2*(H3,1,2,3,4);;. The normalized spacial score (nSPS) is 10.4. The Kier molecular flexibility index (Phi) is 28.4. The van der Waals surface area contributed by atoms with Gasteiger partial charge in [-0.1, -0.05) is 0 Å². The van der Waals surface area contributed by atoms with E-state index in [9.17, 15) is 19.2 Å². The first kappa shape index (κ1) is 42.2. The molecule has 0 spiro atoms. The van der Waals surface area contributed by atoms with E-state index in [1.165, 1.54) is 0 Å². The molecule has 0 rings (SSSR count).